The number of H-pyrrole nitrogens is 1. The highest BCUT2D eigenvalue weighted by Gasteiger charge is 1.86. The largest absolute Gasteiger partial charge is 0.351 e. The van der Waals surface area contributed by atoms with Gasteiger partial charge >= 0.3 is 0 Å². The SMILES string of the molecule is C1=NCCS1.c1c[nH]cn1. The Hall–Kier alpha value is -0.770. The van der Waals surface area contributed by atoms with E-state index in [1.807, 2.05) is 5.55 Å². The minimum atomic E-state index is 1.03. The average molecular weight is 155 g/mol. The summed E-state index contributed by atoms with van der Waals surface area (Å²) in [6.45, 7) is 1.03. The predicted octanol–water partition coefficient (Wildman–Crippen LogP) is 1.17. The summed E-state index contributed by atoms with van der Waals surface area (Å²) >= 11 is 1.78. The van der Waals surface area contributed by atoms with Crippen LogP contribution >= 0.6 is 11.8 Å². The van der Waals surface area contributed by atoms with Gasteiger partial charge < -0.3 is 4.98 Å². The molecule has 0 aliphatic carbocycles. The number of hydrogen-bond donors (Lipinski definition) is 1. The van der Waals surface area contributed by atoms with Gasteiger partial charge in [-0.05, 0) is 0 Å². The zero-order valence-corrected chi connectivity index (χ0v) is 6.34. The predicted molar refractivity (Wildman–Crippen MR) is 44.4 cm³/mol. The fraction of sp³-hybridized carbons (Fsp3) is 0.333. The molecule has 1 aliphatic heterocycles. The highest BCUT2D eigenvalue weighted by Crippen LogP contribution is 1.99. The van der Waals surface area contributed by atoms with Gasteiger partial charge in [0.25, 0.3) is 0 Å². The molecule has 2 rings (SSSR count). The Bertz CT molecular complexity index is 148. The lowest BCUT2D eigenvalue weighted by Crippen LogP contribution is -1.69. The quantitative estimate of drug-likeness (QED) is 0.611. The molecule has 0 spiro atoms. The molecule has 0 radical (unpaired) electrons. The summed E-state index contributed by atoms with van der Waals surface area (Å²) in [6.07, 6.45) is 5.08. The maximum atomic E-state index is 3.92. The van der Waals surface area contributed by atoms with Crippen LogP contribution in [-0.2, 0) is 0 Å². The fourth-order valence-electron chi connectivity index (χ4n) is 0.479. The van der Waals surface area contributed by atoms with E-state index in [1.54, 1.807) is 30.5 Å². The molecule has 0 unspecified atom stereocenters. The van der Waals surface area contributed by atoms with Gasteiger partial charge in [0.1, 0.15) is 0 Å². The smallest absolute Gasteiger partial charge is 0.0919 e. The first-order chi connectivity index (χ1) is 5.00. The van der Waals surface area contributed by atoms with Gasteiger partial charge in [-0.1, -0.05) is 0 Å². The summed E-state index contributed by atoms with van der Waals surface area (Å²) in [5.41, 5.74) is 1.90. The van der Waals surface area contributed by atoms with E-state index < -0.39 is 0 Å². The van der Waals surface area contributed by atoms with Crippen LogP contribution in [0.4, 0.5) is 0 Å². The second-order valence-electron chi connectivity index (χ2n) is 1.64. The Labute approximate surface area is 64.0 Å². The van der Waals surface area contributed by atoms with Crippen molar-refractivity contribution in [3.8, 4) is 0 Å². The number of thioether (sulfide) groups is 1. The third-order valence-corrected chi connectivity index (χ3v) is 1.61. The summed E-state index contributed by atoms with van der Waals surface area (Å²) in [4.78, 5) is 10.3. The minimum Gasteiger partial charge on any atom is -0.351 e. The molecule has 0 saturated carbocycles. The maximum absolute atomic E-state index is 3.92. The topological polar surface area (TPSA) is 41.0 Å². The Balaban J connectivity index is 0.0000001000. The molecule has 3 nitrogen and oxygen atoms in total. The van der Waals surface area contributed by atoms with E-state index >= 15 is 0 Å². The zero-order valence-electron chi connectivity index (χ0n) is 5.53. The van der Waals surface area contributed by atoms with Crippen molar-refractivity contribution in [3.63, 3.8) is 0 Å². The fourth-order valence-corrected chi connectivity index (χ4v) is 1.01. The van der Waals surface area contributed by atoms with E-state index in [2.05, 4.69) is 15.0 Å². The first-order valence-corrected chi connectivity index (χ1v) is 4.07. The van der Waals surface area contributed by atoms with Crippen LogP contribution in [0.5, 0.6) is 0 Å². The van der Waals surface area contributed by atoms with Crippen LogP contribution in [0.25, 0.3) is 0 Å². The third kappa shape index (κ3) is 3.29. The second-order valence-corrected chi connectivity index (χ2v) is 2.60. The first kappa shape index (κ1) is 7.34. The molecule has 0 amide bonds. The van der Waals surface area contributed by atoms with Gasteiger partial charge in [0, 0.05) is 24.7 Å². The van der Waals surface area contributed by atoms with Crippen LogP contribution < -0.4 is 0 Å². The summed E-state index contributed by atoms with van der Waals surface area (Å²) in [5, 5.41) is 0. The third-order valence-electron chi connectivity index (χ3n) is 0.893. The molecule has 0 aromatic carbocycles. The molecule has 10 heavy (non-hydrogen) atoms. The number of imidazole rings is 1. The number of rotatable bonds is 0. The lowest BCUT2D eigenvalue weighted by atomic mass is 10.8. The van der Waals surface area contributed by atoms with Crippen molar-refractivity contribution in [3.05, 3.63) is 18.7 Å². The number of aliphatic imine (C=N–C) groups is 1. The second kappa shape index (κ2) is 5.05. The van der Waals surface area contributed by atoms with E-state index in [1.165, 1.54) is 5.75 Å². The molecule has 1 aliphatic rings. The molecule has 1 N–H and O–H groups in total. The van der Waals surface area contributed by atoms with Crippen molar-refractivity contribution >= 4 is 17.3 Å². The molecule has 4 heteroatoms. The van der Waals surface area contributed by atoms with Gasteiger partial charge in [-0.2, -0.15) is 0 Å². The molecular weight excluding hydrogens is 146 g/mol. The summed E-state index contributed by atoms with van der Waals surface area (Å²) in [7, 11) is 0. The van der Waals surface area contributed by atoms with Gasteiger partial charge in [-0.25, -0.2) is 4.98 Å². The molecule has 1 aromatic heterocycles. The van der Waals surface area contributed by atoms with Crippen LogP contribution in [0.2, 0.25) is 0 Å². The van der Waals surface area contributed by atoms with Crippen molar-refractivity contribution in [2.24, 2.45) is 4.99 Å². The van der Waals surface area contributed by atoms with E-state index in [0.717, 1.165) is 6.54 Å². The molecule has 2 heterocycles. The minimum absolute atomic E-state index is 1.03. The summed E-state index contributed by atoms with van der Waals surface area (Å²) < 4.78 is 0. The number of hydrogen-bond acceptors (Lipinski definition) is 3. The van der Waals surface area contributed by atoms with Crippen molar-refractivity contribution < 1.29 is 0 Å². The Kier molecular flexibility index (Phi) is 3.71. The van der Waals surface area contributed by atoms with E-state index in [4.69, 9.17) is 0 Å². The lowest BCUT2D eigenvalue weighted by molar-refractivity contribution is 1.18. The average Bonchev–Trinajstić information content (AvgIpc) is 2.67. The maximum Gasteiger partial charge on any atom is 0.0919 e. The number of aromatic nitrogens is 2. The van der Waals surface area contributed by atoms with Crippen LogP contribution in [0.1, 0.15) is 0 Å². The Morgan fingerprint density at radius 3 is 2.70 bits per heavy atom. The van der Waals surface area contributed by atoms with Gasteiger partial charge in [0.05, 0.1) is 11.9 Å². The van der Waals surface area contributed by atoms with Crippen molar-refractivity contribution in [2.45, 2.75) is 0 Å². The van der Waals surface area contributed by atoms with Crippen molar-refractivity contribution in [2.75, 3.05) is 12.3 Å². The van der Waals surface area contributed by atoms with Crippen molar-refractivity contribution in [1.82, 2.24) is 9.97 Å². The number of nitrogens with zero attached hydrogens (tertiary/aromatic N) is 2. The molecule has 0 bridgehead atoms. The monoisotopic (exact) mass is 155 g/mol. The van der Waals surface area contributed by atoms with Gasteiger partial charge in [0.15, 0.2) is 0 Å². The zero-order chi connectivity index (χ0) is 7.07. The van der Waals surface area contributed by atoms with E-state index in [-0.39, 0.29) is 0 Å². The number of aromatic amines is 1. The number of nitrogens with one attached hydrogen (secondary N) is 1. The van der Waals surface area contributed by atoms with Gasteiger partial charge in [-0.3, -0.25) is 4.99 Å². The molecule has 54 valence electrons. The van der Waals surface area contributed by atoms with E-state index in [9.17, 15) is 0 Å². The molecular formula is C6H9N3S. The summed E-state index contributed by atoms with van der Waals surface area (Å²) in [6, 6.07) is 0. The normalized spacial score (nSPS) is 14.4. The lowest BCUT2D eigenvalue weighted by Gasteiger charge is -1.67. The molecule has 1 aromatic rings. The molecule has 0 saturated heterocycles. The molecule has 0 atom stereocenters. The van der Waals surface area contributed by atoms with Crippen LogP contribution in [0, 0.1) is 0 Å². The van der Waals surface area contributed by atoms with Crippen LogP contribution in [-0.4, -0.2) is 27.8 Å². The van der Waals surface area contributed by atoms with Gasteiger partial charge in [0.2, 0.25) is 0 Å². The highest BCUT2D eigenvalue weighted by atomic mass is 32.2. The highest BCUT2D eigenvalue weighted by molar-refractivity contribution is 8.12. The van der Waals surface area contributed by atoms with Crippen LogP contribution in [0.15, 0.2) is 23.7 Å². The molecule has 0 fully saturated rings. The van der Waals surface area contributed by atoms with Crippen molar-refractivity contribution in [1.29, 1.82) is 0 Å². The Morgan fingerprint density at radius 1 is 1.50 bits per heavy atom. The Morgan fingerprint density at radius 2 is 2.50 bits per heavy atom. The van der Waals surface area contributed by atoms with Crippen LogP contribution in [0.3, 0.4) is 0 Å². The first-order valence-electron chi connectivity index (χ1n) is 3.03. The standard InChI is InChI=1S/C3H4N2.C3H5NS/c2*1-2-5-3-4-1/h1-3H,(H,4,5);3H,1-2H2. The summed E-state index contributed by atoms with van der Waals surface area (Å²) in [5.74, 6) is 1.19. The van der Waals surface area contributed by atoms with Gasteiger partial charge in [-0.15, -0.1) is 11.8 Å². The van der Waals surface area contributed by atoms with E-state index in [0.29, 0.717) is 0 Å².